The monoisotopic (exact) mass is 318 g/mol. The minimum absolute atomic E-state index is 0. The molecule has 0 spiro atoms. The topological polar surface area (TPSA) is 156 Å². The molecule has 0 aromatic heterocycles. The van der Waals surface area contributed by atoms with E-state index < -0.39 is 50.1 Å². The second-order valence-electron chi connectivity index (χ2n) is 4.00. The van der Waals surface area contributed by atoms with Gasteiger partial charge < -0.3 is 23.3 Å². The Morgan fingerprint density at radius 1 is 0.619 bits per heavy atom. The maximum atomic E-state index is 10.6. The standard InChI is InChI=1S/C10H16N2O8.Mg.2H/c13-7(14)3-11(4-8(15)16)1-2-12(5-9(17)18)6-10(19)20;;;/h1-6H2,(H,13,14)(H,15,16)(H,17,18)(H,19,20);;;/q;+2;2*-1. The Labute approximate surface area is 139 Å². The van der Waals surface area contributed by atoms with Gasteiger partial charge >= 0.3 is 46.9 Å². The van der Waals surface area contributed by atoms with Crippen molar-refractivity contribution >= 4 is 46.9 Å². The molecule has 21 heavy (non-hydrogen) atoms. The molecule has 0 heterocycles. The van der Waals surface area contributed by atoms with Gasteiger partial charge in [-0.1, -0.05) is 0 Å². The quantitative estimate of drug-likeness (QED) is 0.307. The minimum atomic E-state index is -1.23. The van der Waals surface area contributed by atoms with Crippen LogP contribution in [0.4, 0.5) is 0 Å². The number of aliphatic carboxylic acids is 4. The zero-order valence-electron chi connectivity index (χ0n) is 13.3. The van der Waals surface area contributed by atoms with Gasteiger partial charge in [0.25, 0.3) is 0 Å². The van der Waals surface area contributed by atoms with E-state index in [1.54, 1.807) is 0 Å². The molecule has 11 heteroatoms. The first-order valence-corrected chi connectivity index (χ1v) is 5.52. The Balaban J connectivity index is -0.000000602. The van der Waals surface area contributed by atoms with Crippen molar-refractivity contribution in [2.45, 2.75) is 0 Å². The molecule has 0 saturated heterocycles. The van der Waals surface area contributed by atoms with E-state index in [2.05, 4.69) is 0 Å². The average molecular weight is 319 g/mol. The van der Waals surface area contributed by atoms with E-state index in [1.807, 2.05) is 0 Å². The molecule has 0 amide bonds. The Bertz CT molecular complexity index is 331. The van der Waals surface area contributed by atoms with Crippen LogP contribution in [0.25, 0.3) is 0 Å². The summed E-state index contributed by atoms with van der Waals surface area (Å²) in [5.74, 6) is -4.91. The van der Waals surface area contributed by atoms with Gasteiger partial charge in [0.1, 0.15) is 0 Å². The fourth-order valence-corrected chi connectivity index (χ4v) is 1.48. The molecule has 0 aliphatic heterocycles. The third kappa shape index (κ3) is 13.3. The number of hydrogen-bond donors (Lipinski definition) is 4. The van der Waals surface area contributed by atoms with Crippen molar-refractivity contribution in [1.29, 1.82) is 0 Å². The molecule has 0 unspecified atom stereocenters. The summed E-state index contributed by atoms with van der Waals surface area (Å²) in [5.41, 5.74) is 0. The largest absolute Gasteiger partial charge is 2.00 e. The molecule has 0 rings (SSSR count). The Morgan fingerprint density at radius 3 is 0.952 bits per heavy atom. The third-order valence-corrected chi connectivity index (χ3v) is 2.17. The van der Waals surface area contributed by atoms with E-state index >= 15 is 0 Å². The van der Waals surface area contributed by atoms with Crippen LogP contribution >= 0.6 is 0 Å². The molecule has 0 saturated carbocycles. The van der Waals surface area contributed by atoms with Crippen LogP contribution in [0, 0.1) is 0 Å². The predicted molar refractivity (Wildman–Crippen MR) is 71.4 cm³/mol. The fourth-order valence-electron chi connectivity index (χ4n) is 1.48. The summed E-state index contributed by atoms with van der Waals surface area (Å²) in [7, 11) is 0. The van der Waals surface area contributed by atoms with Gasteiger partial charge in [0.15, 0.2) is 0 Å². The number of nitrogens with zero attached hydrogens (tertiary/aromatic N) is 2. The second kappa shape index (κ2) is 11.3. The molecule has 0 atom stereocenters. The predicted octanol–water partition coefficient (Wildman–Crippen LogP) is -2.23. The van der Waals surface area contributed by atoms with Gasteiger partial charge in [-0.3, -0.25) is 29.0 Å². The normalized spacial score (nSPS) is 10.2. The summed E-state index contributed by atoms with van der Waals surface area (Å²) in [6.07, 6.45) is 0. The molecular weight excluding hydrogens is 300 g/mol. The van der Waals surface area contributed by atoms with Gasteiger partial charge in [0, 0.05) is 13.1 Å². The first kappa shape index (κ1) is 21.9. The molecule has 0 aromatic carbocycles. The van der Waals surface area contributed by atoms with Crippen LogP contribution < -0.4 is 0 Å². The van der Waals surface area contributed by atoms with Crippen LogP contribution in [0.5, 0.6) is 0 Å². The number of carboxylic acid groups (broad SMARTS) is 4. The molecule has 0 aliphatic carbocycles. The van der Waals surface area contributed by atoms with Crippen molar-refractivity contribution in [2.75, 3.05) is 39.3 Å². The SMILES string of the molecule is O=C(O)CN(CCN(CC(=O)O)CC(=O)O)CC(=O)O.[H-].[H-].[Mg+2]. The summed E-state index contributed by atoms with van der Waals surface area (Å²) in [6, 6.07) is 0. The molecule has 0 aromatic rings. The third-order valence-electron chi connectivity index (χ3n) is 2.17. The van der Waals surface area contributed by atoms with Gasteiger partial charge in [0.05, 0.1) is 26.2 Å². The molecule has 10 nitrogen and oxygen atoms in total. The molecule has 0 fully saturated rings. The van der Waals surface area contributed by atoms with Crippen LogP contribution in [0.1, 0.15) is 2.85 Å². The summed E-state index contributed by atoms with van der Waals surface area (Å²) < 4.78 is 0. The van der Waals surface area contributed by atoms with Crippen LogP contribution in [-0.2, 0) is 19.2 Å². The zero-order chi connectivity index (χ0) is 15.7. The van der Waals surface area contributed by atoms with Crippen LogP contribution in [0.15, 0.2) is 0 Å². The summed E-state index contributed by atoms with van der Waals surface area (Å²) in [4.78, 5) is 44.4. The van der Waals surface area contributed by atoms with E-state index in [0.717, 1.165) is 9.80 Å². The van der Waals surface area contributed by atoms with E-state index in [1.165, 1.54) is 0 Å². The van der Waals surface area contributed by atoms with Gasteiger partial charge in [-0.2, -0.15) is 0 Å². The van der Waals surface area contributed by atoms with Crippen molar-refractivity contribution in [3.05, 3.63) is 0 Å². The first-order chi connectivity index (χ1) is 9.20. The van der Waals surface area contributed by atoms with Gasteiger partial charge in [0.2, 0.25) is 0 Å². The maximum absolute atomic E-state index is 10.6. The van der Waals surface area contributed by atoms with Gasteiger partial charge in [-0.05, 0) is 0 Å². The Hall–Kier alpha value is -1.43. The minimum Gasteiger partial charge on any atom is -1.00 e. The number of carboxylic acids is 4. The smallest absolute Gasteiger partial charge is 1.00 e. The van der Waals surface area contributed by atoms with Gasteiger partial charge in [-0.25, -0.2) is 0 Å². The van der Waals surface area contributed by atoms with E-state index in [4.69, 9.17) is 20.4 Å². The second-order valence-corrected chi connectivity index (χ2v) is 4.00. The summed E-state index contributed by atoms with van der Waals surface area (Å²) in [5, 5.41) is 34.5. The Kier molecular flexibility index (Phi) is 11.7. The molecule has 4 N–H and O–H groups in total. The van der Waals surface area contributed by atoms with Crippen molar-refractivity contribution in [3.63, 3.8) is 0 Å². The van der Waals surface area contributed by atoms with E-state index in [-0.39, 0.29) is 39.0 Å². The van der Waals surface area contributed by atoms with Crippen LogP contribution in [-0.4, -0.2) is 116 Å². The Morgan fingerprint density at radius 2 is 0.810 bits per heavy atom. The molecule has 0 bridgehead atoms. The van der Waals surface area contributed by atoms with E-state index in [9.17, 15) is 19.2 Å². The summed E-state index contributed by atoms with van der Waals surface area (Å²) in [6.45, 7) is -2.25. The van der Waals surface area contributed by atoms with Crippen molar-refractivity contribution in [2.24, 2.45) is 0 Å². The first-order valence-electron chi connectivity index (χ1n) is 5.52. The molecular formula is C10H18MgN2O8. The van der Waals surface area contributed by atoms with Crippen molar-refractivity contribution in [1.82, 2.24) is 9.80 Å². The van der Waals surface area contributed by atoms with Crippen molar-refractivity contribution < 1.29 is 42.5 Å². The fraction of sp³-hybridized carbons (Fsp3) is 0.600. The average Bonchev–Trinajstić information content (AvgIpc) is 2.22. The molecule has 0 radical (unpaired) electrons. The van der Waals surface area contributed by atoms with Crippen molar-refractivity contribution in [3.8, 4) is 0 Å². The molecule has 0 aliphatic rings. The number of rotatable bonds is 11. The summed E-state index contributed by atoms with van der Waals surface area (Å²) >= 11 is 0. The zero-order valence-corrected chi connectivity index (χ0v) is 12.7. The van der Waals surface area contributed by atoms with Crippen LogP contribution in [0.2, 0.25) is 0 Å². The maximum Gasteiger partial charge on any atom is 2.00 e. The van der Waals surface area contributed by atoms with Gasteiger partial charge in [-0.15, -0.1) is 0 Å². The number of carbonyl (C=O) groups is 4. The van der Waals surface area contributed by atoms with E-state index in [0.29, 0.717) is 0 Å². The molecule has 118 valence electrons. The number of hydrogen-bond acceptors (Lipinski definition) is 6. The van der Waals surface area contributed by atoms with Crippen LogP contribution in [0.3, 0.4) is 0 Å².